The van der Waals surface area contributed by atoms with Crippen molar-refractivity contribution < 1.29 is 18.9 Å². The third-order valence-electron chi connectivity index (χ3n) is 6.20. The smallest absolute Gasteiger partial charge is 0.269 e. The highest BCUT2D eigenvalue weighted by Crippen LogP contribution is 2.48. The van der Waals surface area contributed by atoms with E-state index >= 15 is 0 Å². The summed E-state index contributed by atoms with van der Waals surface area (Å²) in [5.41, 5.74) is 2.68. The third kappa shape index (κ3) is 3.59. The Bertz CT molecular complexity index is 1280. The fourth-order valence-corrected chi connectivity index (χ4v) is 4.81. The second-order valence-corrected chi connectivity index (χ2v) is 8.22. The van der Waals surface area contributed by atoms with Crippen molar-refractivity contribution in [2.75, 3.05) is 10.2 Å². The number of anilines is 2. The molecule has 5 rings (SSSR count). The molecule has 33 heavy (non-hydrogen) atoms. The average molecular weight is 443 g/mol. The summed E-state index contributed by atoms with van der Waals surface area (Å²) in [7, 11) is 0. The minimum absolute atomic E-state index is 0.0177. The zero-order valence-corrected chi connectivity index (χ0v) is 17.8. The van der Waals surface area contributed by atoms with Crippen LogP contribution in [-0.4, -0.2) is 16.6 Å². The number of fused-ring (bicyclic) bond motifs is 2. The van der Waals surface area contributed by atoms with Crippen LogP contribution >= 0.6 is 0 Å². The monoisotopic (exact) mass is 443 g/mol. The Kier molecular flexibility index (Phi) is 5.05. The first-order valence-corrected chi connectivity index (χ1v) is 10.6. The van der Waals surface area contributed by atoms with Crippen molar-refractivity contribution in [3.8, 4) is 0 Å². The number of nitrogens with one attached hydrogen (secondary N) is 1. The van der Waals surface area contributed by atoms with E-state index in [9.17, 15) is 19.7 Å². The molecule has 2 aromatic carbocycles. The van der Waals surface area contributed by atoms with E-state index in [1.54, 1.807) is 29.2 Å². The number of rotatable bonds is 3. The number of hydrogen-bond donors (Lipinski definition) is 1. The number of Topliss-reactive ketones (excluding diaryl/α,β-unsaturated/α-hetero) is 1. The van der Waals surface area contributed by atoms with Crippen molar-refractivity contribution in [1.82, 2.24) is 0 Å². The highest BCUT2D eigenvalue weighted by atomic mass is 16.6. The van der Waals surface area contributed by atoms with Gasteiger partial charge >= 0.3 is 0 Å². The quantitative estimate of drug-likeness (QED) is 0.453. The molecule has 2 aliphatic rings. The number of carbonyl (C=O) groups is 2. The van der Waals surface area contributed by atoms with E-state index in [2.05, 4.69) is 5.32 Å². The summed E-state index contributed by atoms with van der Waals surface area (Å²) in [6.07, 6.45) is 3.64. The van der Waals surface area contributed by atoms with Gasteiger partial charge in [-0.25, -0.2) is 0 Å². The molecule has 3 atom stereocenters. The number of furan rings is 1. The summed E-state index contributed by atoms with van der Waals surface area (Å²) >= 11 is 0. The molecule has 0 radical (unpaired) electrons. The fraction of sp³-hybridized carbons (Fsp3) is 0.200. The van der Waals surface area contributed by atoms with E-state index in [-0.39, 0.29) is 29.7 Å². The highest BCUT2D eigenvalue weighted by molar-refractivity contribution is 6.00. The van der Waals surface area contributed by atoms with Crippen LogP contribution in [0.15, 0.2) is 83.1 Å². The van der Waals surface area contributed by atoms with Crippen LogP contribution in [0, 0.1) is 16.0 Å². The molecule has 1 aliphatic carbocycles. The second kappa shape index (κ2) is 8.05. The largest absolute Gasteiger partial charge is 0.467 e. The van der Waals surface area contributed by atoms with E-state index in [0.29, 0.717) is 28.4 Å². The zero-order chi connectivity index (χ0) is 23.1. The fourth-order valence-electron chi connectivity index (χ4n) is 4.81. The zero-order valence-electron chi connectivity index (χ0n) is 17.8. The summed E-state index contributed by atoms with van der Waals surface area (Å²) in [6.45, 7) is 1.47. The molecule has 3 unspecified atom stereocenters. The van der Waals surface area contributed by atoms with Gasteiger partial charge in [-0.05, 0) is 29.8 Å². The van der Waals surface area contributed by atoms with E-state index < -0.39 is 16.9 Å². The lowest BCUT2D eigenvalue weighted by atomic mass is 9.77. The number of nitro benzene ring substituents is 1. The summed E-state index contributed by atoms with van der Waals surface area (Å²) in [5, 5.41) is 14.6. The Labute approximate surface area is 189 Å². The molecule has 2 heterocycles. The number of nitrogens with zero attached hydrogens (tertiary/aromatic N) is 2. The summed E-state index contributed by atoms with van der Waals surface area (Å²) in [6, 6.07) is 16.6. The summed E-state index contributed by atoms with van der Waals surface area (Å²) < 4.78 is 5.70. The van der Waals surface area contributed by atoms with Crippen molar-refractivity contribution in [2.24, 2.45) is 5.92 Å². The number of ketones is 1. The van der Waals surface area contributed by atoms with E-state index in [1.807, 2.05) is 30.3 Å². The SMILES string of the molecule is CC(=O)N1c2ccccc2NC2=CC(c3cccc([N+](=O)[O-])c3)CC(=O)C2C1c1ccco1. The Hall–Kier alpha value is -4.20. The van der Waals surface area contributed by atoms with Gasteiger partial charge in [-0.1, -0.05) is 30.3 Å². The third-order valence-corrected chi connectivity index (χ3v) is 6.20. The molecule has 1 amide bonds. The van der Waals surface area contributed by atoms with Gasteiger partial charge in [-0.15, -0.1) is 0 Å². The Morgan fingerprint density at radius 2 is 1.97 bits per heavy atom. The van der Waals surface area contributed by atoms with Gasteiger partial charge in [0, 0.05) is 37.1 Å². The lowest BCUT2D eigenvalue weighted by Gasteiger charge is -2.35. The molecular formula is C25H21N3O5. The first-order chi connectivity index (χ1) is 15.9. The van der Waals surface area contributed by atoms with Gasteiger partial charge in [-0.3, -0.25) is 24.6 Å². The molecule has 1 aromatic heterocycles. The first-order valence-electron chi connectivity index (χ1n) is 10.6. The molecule has 3 aromatic rings. The minimum atomic E-state index is -0.664. The molecule has 166 valence electrons. The molecule has 0 saturated carbocycles. The number of nitro groups is 1. The van der Waals surface area contributed by atoms with Crippen LogP contribution in [0.1, 0.15) is 36.6 Å². The Morgan fingerprint density at radius 3 is 2.70 bits per heavy atom. The molecule has 1 aliphatic heterocycles. The predicted molar refractivity (Wildman–Crippen MR) is 122 cm³/mol. The van der Waals surface area contributed by atoms with Gasteiger partial charge in [0.15, 0.2) is 0 Å². The summed E-state index contributed by atoms with van der Waals surface area (Å²) in [4.78, 5) is 38.9. The molecule has 8 heteroatoms. The number of amides is 1. The van der Waals surface area contributed by atoms with Crippen LogP contribution in [0.2, 0.25) is 0 Å². The molecule has 1 N–H and O–H groups in total. The maximum atomic E-state index is 13.6. The van der Waals surface area contributed by atoms with E-state index in [4.69, 9.17) is 4.42 Å². The standard InChI is InChI=1S/C25H21N3O5/c1-15(29)27-21-9-3-2-8-19(21)26-20-13-17(16-6-4-7-18(12-16)28(31)32)14-22(30)24(20)25(27)23-10-5-11-33-23/h2-13,17,24-26H,14H2,1H3. The normalized spacial score (nSPS) is 21.8. The highest BCUT2D eigenvalue weighted by Gasteiger charge is 2.45. The molecule has 0 fully saturated rings. The number of benzene rings is 2. The average Bonchev–Trinajstić information content (AvgIpc) is 3.28. The Balaban J connectivity index is 1.67. The summed E-state index contributed by atoms with van der Waals surface area (Å²) in [5.74, 6) is -0.758. The van der Waals surface area contributed by atoms with Gasteiger partial charge < -0.3 is 9.73 Å². The number of hydrogen-bond acceptors (Lipinski definition) is 6. The number of allylic oxidation sites excluding steroid dienone is 1. The van der Waals surface area contributed by atoms with Gasteiger partial charge in [0.2, 0.25) is 5.91 Å². The topological polar surface area (TPSA) is 106 Å². The van der Waals surface area contributed by atoms with Crippen LogP contribution in [0.3, 0.4) is 0 Å². The van der Waals surface area contributed by atoms with Crippen LogP contribution in [-0.2, 0) is 9.59 Å². The van der Waals surface area contributed by atoms with Crippen LogP contribution in [0.4, 0.5) is 17.1 Å². The Morgan fingerprint density at radius 1 is 1.15 bits per heavy atom. The number of non-ortho nitro benzene ring substituents is 1. The van der Waals surface area contributed by atoms with Crippen molar-refractivity contribution in [1.29, 1.82) is 0 Å². The number of para-hydroxylation sites is 2. The first kappa shape index (κ1) is 20.7. The van der Waals surface area contributed by atoms with Crippen molar-refractivity contribution >= 4 is 28.8 Å². The van der Waals surface area contributed by atoms with Crippen molar-refractivity contribution in [3.05, 3.63) is 100 Å². The van der Waals surface area contributed by atoms with Crippen LogP contribution < -0.4 is 10.2 Å². The van der Waals surface area contributed by atoms with E-state index in [1.165, 1.54) is 25.3 Å². The minimum Gasteiger partial charge on any atom is -0.467 e. The van der Waals surface area contributed by atoms with Gasteiger partial charge in [0.25, 0.3) is 5.69 Å². The van der Waals surface area contributed by atoms with Crippen molar-refractivity contribution in [3.63, 3.8) is 0 Å². The van der Waals surface area contributed by atoms with E-state index in [0.717, 1.165) is 0 Å². The molecule has 0 bridgehead atoms. The lowest BCUT2D eigenvalue weighted by molar-refractivity contribution is -0.384. The second-order valence-electron chi connectivity index (χ2n) is 8.22. The predicted octanol–water partition coefficient (Wildman–Crippen LogP) is 4.96. The van der Waals surface area contributed by atoms with Crippen molar-refractivity contribution in [2.45, 2.75) is 25.3 Å². The maximum Gasteiger partial charge on any atom is 0.269 e. The maximum absolute atomic E-state index is 13.6. The molecule has 8 nitrogen and oxygen atoms in total. The van der Waals surface area contributed by atoms with Gasteiger partial charge in [0.05, 0.1) is 28.5 Å². The van der Waals surface area contributed by atoms with Gasteiger partial charge in [-0.2, -0.15) is 0 Å². The molecule has 0 spiro atoms. The van der Waals surface area contributed by atoms with Crippen LogP contribution in [0.5, 0.6) is 0 Å². The molecule has 0 saturated heterocycles. The lowest BCUT2D eigenvalue weighted by Crippen LogP contribution is -2.41. The van der Waals surface area contributed by atoms with Crippen LogP contribution in [0.25, 0.3) is 0 Å². The number of carbonyl (C=O) groups excluding carboxylic acids is 2. The van der Waals surface area contributed by atoms with Gasteiger partial charge in [0.1, 0.15) is 17.6 Å². The molecular weight excluding hydrogens is 422 g/mol.